The number of carbonyl (C=O) groups excluding carboxylic acids is 1. The Kier molecular flexibility index (Phi) is 4.67. The van der Waals surface area contributed by atoms with Crippen LogP contribution in [0.1, 0.15) is 6.42 Å². The number of piperazine rings is 1. The summed E-state index contributed by atoms with van der Waals surface area (Å²) in [5, 5.41) is 3.43. The maximum absolute atomic E-state index is 12.5. The molecule has 1 aromatic rings. The van der Waals surface area contributed by atoms with Gasteiger partial charge in [0.25, 0.3) is 0 Å². The van der Waals surface area contributed by atoms with Crippen LogP contribution in [0.3, 0.4) is 0 Å². The van der Waals surface area contributed by atoms with Crippen molar-refractivity contribution in [1.29, 1.82) is 0 Å². The summed E-state index contributed by atoms with van der Waals surface area (Å²) in [6, 6.07) is 6.06. The second-order valence-electron chi connectivity index (χ2n) is 7.24. The number of nitrogens with one attached hydrogen (secondary N) is 1. The lowest BCUT2D eigenvalue weighted by molar-refractivity contribution is -0.130. The predicted octanol–water partition coefficient (Wildman–Crippen LogP) is 0.272. The van der Waals surface area contributed by atoms with E-state index in [9.17, 15) is 4.79 Å². The quantitative estimate of drug-likeness (QED) is 0.859. The van der Waals surface area contributed by atoms with E-state index in [1.165, 1.54) is 0 Å². The van der Waals surface area contributed by atoms with Gasteiger partial charge in [0.2, 0.25) is 5.91 Å². The number of hydrogen-bond donors (Lipinski definition) is 1. The first-order valence-corrected chi connectivity index (χ1v) is 9.16. The predicted molar refractivity (Wildman–Crippen MR) is 93.9 cm³/mol. The first-order valence-electron chi connectivity index (χ1n) is 9.16. The molecule has 6 nitrogen and oxygen atoms in total. The highest BCUT2D eigenvalue weighted by atomic mass is 16.2. The van der Waals surface area contributed by atoms with Gasteiger partial charge in [0.1, 0.15) is 5.82 Å². The van der Waals surface area contributed by atoms with E-state index >= 15 is 0 Å². The van der Waals surface area contributed by atoms with Crippen molar-refractivity contribution in [2.24, 2.45) is 11.8 Å². The third-order valence-electron chi connectivity index (χ3n) is 5.73. The summed E-state index contributed by atoms with van der Waals surface area (Å²) in [5.74, 6) is 2.79. The first kappa shape index (κ1) is 15.8. The van der Waals surface area contributed by atoms with Crippen molar-refractivity contribution in [3.63, 3.8) is 0 Å². The molecule has 4 rings (SSSR count). The van der Waals surface area contributed by atoms with E-state index < -0.39 is 0 Å². The van der Waals surface area contributed by atoms with Crippen molar-refractivity contribution in [1.82, 2.24) is 20.1 Å². The highest BCUT2D eigenvalue weighted by Gasteiger charge is 2.37. The van der Waals surface area contributed by atoms with Crippen LogP contribution in [-0.2, 0) is 4.79 Å². The van der Waals surface area contributed by atoms with E-state index in [0.29, 0.717) is 24.2 Å². The Labute approximate surface area is 143 Å². The van der Waals surface area contributed by atoms with Crippen LogP contribution < -0.4 is 10.2 Å². The maximum Gasteiger partial charge on any atom is 0.223 e. The molecule has 0 radical (unpaired) electrons. The van der Waals surface area contributed by atoms with Crippen LogP contribution >= 0.6 is 0 Å². The SMILES string of the molecule is O=C(CCN1CCN(c2ccccn2)CC1)N1C[C@H]2CNC[C@H]2C1. The Morgan fingerprint density at radius 2 is 1.88 bits per heavy atom. The fraction of sp³-hybridized carbons (Fsp3) is 0.667. The number of carbonyl (C=O) groups is 1. The lowest BCUT2D eigenvalue weighted by Gasteiger charge is -2.35. The Balaban J connectivity index is 1.20. The van der Waals surface area contributed by atoms with Gasteiger partial charge >= 0.3 is 0 Å². The molecule has 1 N–H and O–H groups in total. The minimum atomic E-state index is 0.344. The molecule has 3 saturated heterocycles. The van der Waals surface area contributed by atoms with E-state index in [4.69, 9.17) is 0 Å². The number of nitrogens with zero attached hydrogens (tertiary/aromatic N) is 4. The Morgan fingerprint density at radius 3 is 2.54 bits per heavy atom. The van der Waals surface area contributed by atoms with Crippen molar-refractivity contribution in [2.75, 3.05) is 63.8 Å². The Bertz CT molecular complexity index is 546. The summed E-state index contributed by atoms with van der Waals surface area (Å²) >= 11 is 0. The lowest BCUT2D eigenvalue weighted by atomic mass is 10.0. The molecule has 0 unspecified atom stereocenters. The topological polar surface area (TPSA) is 51.7 Å². The van der Waals surface area contributed by atoms with Gasteiger partial charge in [-0.15, -0.1) is 0 Å². The Hall–Kier alpha value is -1.66. The van der Waals surface area contributed by atoms with Gasteiger partial charge in [0, 0.05) is 71.5 Å². The Morgan fingerprint density at radius 1 is 1.12 bits per heavy atom. The molecule has 3 aliphatic heterocycles. The lowest BCUT2D eigenvalue weighted by Crippen LogP contribution is -2.47. The monoisotopic (exact) mass is 329 g/mol. The molecule has 0 spiro atoms. The van der Waals surface area contributed by atoms with Gasteiger partial charge in [-0.25, -0.2) is 4.98 Å². The zero-order valence-electron chi connectivity index (χ0n) is 14.2. The normalized spacial score (nSPS) is 27.5. The van der Waals surface area contributed by atoms with Gasteiger partial charge in [-0.1, -0.05) is 6.07 Å². The third-order valence-corrected chi connectivity index (χ3v) is 5.73. The van der Waals surface area contributed by atoms with Crippen LogP contribution in [0.15, 0.2) is 24.4 Å². The van der Waals surface area contributed by atoms with Crippen LogP contribution in [0, 0.1) is 11.8 Å². The van der Waals surface area contributed by atoms with Crippen molar-refractivity contribution in [2.45, 2.75) is 6.42 Å². The largest absolute Gasteiger partial charge is 0.354 e. The summed E-state index contributed by atoms with van der Waals surface area (Å²) in [5.41, 5.74) is 0. The number of likely N-dealkylation sites (tertiary alicyclic amines) is 1. The fourth-order valence-electron chi connectivity index (χ4n) is 4.21. The van der Waals surface area contributed by atoms with Crippen molar-refractivity contribution >= 4 is 11.7 Å². The summed E-state index contributed by atoms with van der Waals surface area (Å²) in [7, 11) is 0. The first-order chi connectivity index (χ1) is 11.8. The molecule has 1 amide bonds. The number of pyridine rings is 1. The molecule has 3 aliphatic rings. The molecule has 0 saturated carbocycles. The summed E-state index contributed by atoms with van der Waals surface area (Å²) in [6.07, 6.45) is 2.51. The number of anilines is 1. The zero-order chi connectivity index (χ0) is 16.4. The molecular weight excluding hydrogens is 302 g/mol. The van der Waals surface area contributed by atoms with Gasteiger partial charge in [0.15, 0.2) is 0 Å². The van der Waals surface area contributed by atoms with Crippen LogP contribution in [0.5, 0.6) is 0 Å². The average Bonchev–Trinajstić information content (AvgIpc) is 3.23. The maximum atomic E-state index is 12.5. The average molecular weight is 329 g/mol. The molecule has 130 valence electrons. The van der Waals surface area contributed by atoms with Gasteiger partial charge in [-0.05, 0) is 24.0 Å². The van der Waals surface area contributed by atoms with Crippen molar-refractivity contribution in [3.05, 3.63) is 24.4 Å². The molecular formula is C18H27N5O. The van der Waals surface area contributed by atoms with Crippen LogP contribution in [-0.4, -0.2) is 79.6 Å². The molecule has 1 aromatic heterocycles. The number of rotatable bonds is 4. The molecule has 0 aromatic carbocycles. The van der Waals surface area contributed by atoms with Gasteiger partial charge < -0.3 is 15.1 Å². The number of amides is 1. The molecule has 4 heterocycles. The van der Waals surface area contributed by atoms with Gasteiger partial charge in [-0.3, -0.25) is 9.69 Å². The molecule has 0 bridgehead atoms. The molecule has 3 fully saturated rings. The minimum Gasteiger partial charge on any atom is -0.354 e. The zero-order valence-corrected chi connectivity index (χ0v) is 14.2. The molecule has 6 heteroatoms. The summed E-state index contributed by atoms with van der Waals surface area (Å²) < 4.78 is 0. The van der Waals surface area contributed by atoms with Gasteiger partial charge in [0.05, 0.1) is 0 Å². The number of fused-ring (bicyclic) bond motifs is 1. The smallest absolute Gasteiger partial charge is 0.223 e. The standard InChI is InChI=1S/C18H27N5O/c24-18(23-13-15-11-19-12-16(15)14-23)4-6-21-7-9-22(10-8-21)17-3-1-2-5-20-17/h1-3,5,15-16,19H,4,6-14H2/t15-,16+. The minimum absolute atomic E-state index is 0.344. The third kappa shape index (κ3) is 3.39. The van der Waals surface area contributed by atoms with E-state index in [-0.39, 0.29) is 0 Å². The van der Waals surface area contributed by atoms with E-state index in [1.54, 1.807) is 0 Å². The fourth-order valence-corrected chi connectivity index (χ4v) is 4.21. The molecule has 24 heavy (non-hydrogen) atoms. The highest BCUT2D eigenvalue weighted by molar-refractivity contribution is 5.76. The van der Waals surface area contributed by atoms with Gasteiger partial charge in [-0.2, -0.15) is 0 Å². The second-order valence-corrected chi connectivity index (χ2v) is 7.24. The summed E-state index contributed by atoms with van der Waals surface area (Å²) in [4.78, 5) is 23.7. The summed E-state index contributed by atoms with van der Waals surface area (Å²) in [6.45, 7) is 8.99. The van der Waals surface area contributed by atoms with Crippen LogP contribution in [0.2, 0.25) is 0 Å². The van der Waals surface area contributed by atoms with Crippen molar-refractivity contribution < 1.29 is 4.79 Å². The van der Waals surface area contributed by atoms with Crippen LogP contribution in [0.4, 0.5) is 5.82 Å². The second kappa shape index (κ2) is 7.07. The number of aromatic nitrogens is 1. The van der Waals surface area contributed by atoms with E-state index in [0.717, 1.165) is 64.7 Å². The van der Waals surface area contributed by atoms with Crippen LogP contribution in [0.25, 0.3) is 0 Å². The number of hydrogen-bond acceptors (Lipinski definition) is 5. The van der Waals surface area contributed by atoms with Crippen molar-refractivity contribution in [3.8, 4) is 0 Å². The molecule has 0 aliphatic carbocycles. The molecule has 2 atom stereocenters. The van der Waals surface area contributed by atoms with E-state index in [1.807, 2.05) is 18.3 Å². The van der Waals surface area contributed by atoms with E-state index in [2.05, 4.69) is 31.1 Å². The highest BCUT2D eigenvalue weighted by Crippen LogP contribution is 2.26.